The summed E-state index contributed by atoms with van der Waals surface area (Å²) in [6.07, 6.45) is 2.00. The van der Waals surface area contributed by atoms with E-state index in [1.807, 2.05) is 18.7 Å². The number of carbonyl (C=O) groups excluding carboxylic acids is 1. The third kappa shape index (κ3) is 17.0. The number of halogens is 8. The molecule has 0 atom stereocenters. The predicted molar refractivity (Wildman–Crippen MR) is 224 cm³/mol. The number of aromatic nitrogens is 2. The summed E-state index contributed by atoms with van der Waals surface area (Å²) in [5.74, 6) is 0.0970. The lowest BCUT2D eigenvalue weighted by atomic mass is 10.0. The molecule has 6 rings (SSSR count). The van der Waals surface area contributed by atoms with Crippen LogP contribution in [0.5, 0.6) is 11.5 Å². The third-order valence-electron chi connectivity index (χ3n) is 9.44. The summed E-state index contributed by atoms with van der Waals surface area (Å²) in [7, 11) is 0. The van der Waals surface area contributed by atoms with Crippen molar-refractivity contribution in [2.24, 2.45) is 0 Å². The van der Waals surface area contributed by atoms with Gasteiger partial charge in [0.25, 0.3) is 0 Å². The molecule has 0 unspecified atom stereocenters. The largest absolute Gasteiger partial charge is 0.493 e. The average molecular weight is 916 g/mol. The van der Waals surface area contributed by atoms with Gasteiger partial charge in [0.2, 0.25) is 5.91 Å². The van der Waals surface area contributed by atoms with Crippen LogP contribution in [0.3, 0.4) is 0 Å². The Morgan fingerprint density at radius 1 is 0.738 bits per heavy atom. The highest BCUT2D eigenvalue weighted by atomic mass is 35.5. The second-order valence-corrected chi connectivity index (χ2v) is 14.9. The van der Waals surface area contributed by atoms with Gasteiger partial charge >= 0.3 is 18.3 Å². The van der Waals surface area contributed by atoms with Crippen molar-refractivity contribution < 1.29 is 59.6 Å². The molecule has 0 aliphatic carbocycles. The summed E-state index contributed by atoms with van der Waals surface area (Å²) in [5.41, 5.74) is -0.777. The normalized spacial score (nSPS) is 14.1. The lowest BCUT2D eigenvalue weighted by Crippen LogP contribution is -2.35. The Morgan fingerprint density at radius 2 is 1.16 bits per heavy atom. The number of ether oxygens (including phenoxy) is 2. The van der Waals surface area contributed by atoms with Crippen LogP contribution in [0.4, 0.5) is 26.3 Å². The number of carboxylic acid groups (broad SMARTS) is 1. The zero-order valence-corrected chi connectivity index (χ0v) is 35.4. The van der Waals surface area contributed by atoms with Crippen molar-refractivity contribution in [1.82, 2.24) is 20.5 Å². The first-order chi connectivity index (χ1) is 28.7. The lowest BCUT2D eigenvalue weighted by molar-refractivity contribution is -0.142. The van der Waals surface area contributed by atoms with Gasteiger partial charge in [0.15, 0.2) is 22.6 Å². The Kier molecular flexibility index (Phi) is 23.7. The fraction of sp³-hybridized carbons (Fsp3) is 0.619. The van der Waals surface area contributed by atoms with Crippen molar-refractivity contribution in [3.05, 3.63) is 46.8 Å². The number of benzene rings is 2. The van der Waals surface area contributed by atoms with Crippen LogP contribution < -0.4 is 14.8 Å². The fourth-order valence-corrected chi connectivity index (χ4v) is 6.65. The van der Waals surface area contributed by atoms with Crippen LogP contribution in [0, 0.1) is 0 Å². The topological polar surface area (TPSA) is 140 Å². The molecule has 0 saturated carbocycles. The minimum absolute atomic E-state index is 0. The summed E-state index contributed by atoms with van der Waals surface area (Å²) in [6.45, 7) is 8.44. The second kappa shape index (κ2) is 27.2. The Balaban J connectivity index is 0.000000348. The quantitative estimate of drug-likeness (QED) is 0.0713. The molecule has 61 heavy (non-hydrogen) atoms. The van der Waals surface area contributed by atoms with Crippen LogP contribution in [0.1, 0.15) is 121 Å². The number of amides is 1. The number of alkyl halides is 8. The van der Waals surface area contributed by atoms with Gasteiger partial charge in [-0.25, -0.2) is 0 Å². The van der Waals surface area contributed by atoms with Crippen molar-refractivity contribution in [3.63, 3.8) is 0 Å². The number of aliphatic carboxylic acids is 1. The molecule has 344 valence electrons. The minimum atomic E-state index is -4.58. The van der Waals surface area contributed by atoms with Gasteiger partial charge in [-0.1, -0.05) is 50.8 Å². The second-order valence-electron chi connectivity index (χ2n) is 14.0. The number of nitrogens with zero attached hydrogens (tertiary/aromatic N) is 3. The summed E-state index contributed by atoms with van der Waals surface area (Å²) >= 11 is 9.53. The molecule has 2 aliphatic rings. The summed E-state index contributed by atoms with van der Waals surface area (Å²) in [4.78, 5) is 24.6. The van der Waals surface area contributed by atoms with Crippen molar-refractivity contribution in [1.29, 1.82) is 0 Å². The van der Waals surface area contributed by atoms with Gasteiger partial charge in [-0.2, -0.15) is 26.3 Å². The van der Waals surface area contributed by atoms with E-state index in [0.29, 0.717) is 67.8 Å². The van der Waals surface area contributed by atoms with Gasteiger partial charge in [-0.05, 0) is 95.1 Å². The van der Waals surface area contributed by atoms with Gasteiger partial charge in [0, 0.05) is 37.1 Å². The van der Waals surface area contributed by atoms with Crippen LogP contribution in [-0.4, -0.2) is 76.9 Å². The van der Waals surface area contributed by atoms with E-state index in [1.165, 1.54) is 63.0 Å². The molecule has 2 aromatic heterocycles. The number of hydrogen-bond donors (Lipinski definition) is 2. The fourth-order valence-electron chi connectivity index (χ4n) is 6.65. The molecule has 2 fully saturated rings. The van der Waals surface area contributed by atoms with E-state index in [2.05, 4.69) is 15.6 Å². The van der Waals surface area contributed by atoms with Crippen molar-refractivity contribution >= 4 is 57.0 Å². The maximum atomic E-state index is 13.1. The summed E-state index contributed by atoms with van der Waals surface area (Å²) < 4.78 is 99.0. The summed E-state index contributed by atoms with van der Waals surface area (Å²) in [6, 6.07) is 5.58. The first-order valence-corrected chi connectivity index (χ1v) is 21.3. The van der Waals surface area contributed by atoms with Crippen LogP contribution in [-0.2, 0) is 34.8 Å². The van der Waals surface area contributed by atoms with E-state index < -0.39 is 29.7 Å². The van der Waals surface area contributed by atoms with E-state index in [4.69, 9.17) is 46.8 Å². The SMILES string of the molecule is C.C1CCNCC1.CCCc1c(OCCCC(=O)N2CCCCC2)ccc2c(C(F)(F)F)noc12.CCCc1c(OCCCC(=O)O)ccc2c(C(F)(F)F)noc12.ClCCl. The highest BCUT2D eigenvalue weighted by Gasteiger charge is 2.39. The third-order valence-corrected chi connectivity index (χ3v) is 9.44. The van der Waals surface area contributed by atoms with E-state index >= 15 is 0 Å². The number of fused-ring (bicyclic) bond motifs is 2. The number of nitrogens with one attached hydrogen (secondary N) is 1. The van der Waals surface area contributed by atoms with E-state index in [-0.39, 0.29) is 53.6 Å². The van der Waals surface area contributed by atoms with Crippen molar-refractivity contribution in [3.8, 4) is 11.5 Å². The molecule has 2 aliphatic heterocycles. The van der Waals surface area contributed by atoms with Gasteiger partial charge in [0.05, 0.1) is 29.3 Å². The summed E-state index contributed by atoms with van der Waals surface area (Å²) in [5, 5.41) is 18.3. The Hall–Kier alpha value is -3.96. The highest BCUT2D eigenvalue weighted by molar-refractivity contribution is 6.40. The van der Waals surface area contributed by atoms with Crippen molar-refractivity contribution in [2.75, 3.05) is 44.7 Å². The monoisotopic (exact) mass is 914 g/mol. The number of rotatable bonds is 14. The van der Waals surface area contributed by atoms with E-state index in [9.17, 15) is 35.9 Å². The number of piperidine rings is 2. The van der Waals surface area contributed by atoms with Crippen LogP contribution >= 0.6 is 23.2 Å². The standard InChI is InChI=1S/C20H25F3N2O3.C15H16F3NO4.C5H11N.CH2Cl2.CH4/c1-2-7-14-16(10-9-15-18(14)28-24-19(15)20(21,22)23)27-13-6-8-17(26)25-11-4-3-5-12-25;1-2-4-9-11(22-8-3-5-12(20)21)7-6-10-13(9)23-19-14(10)15(16,17)18;1-2-4-6-5-3-1;2-1-3;/h9-10H,2-8,11-13H2,1H3;6-7H,2-5,8H2,1H3,(H,20,21);6H,1-5H2;1H2;1H4. The Bertz CT molecular complexity index is 1880. The number of carboxylic acids is 1. The Morgan fingerprint density at radius 3 is 1.52 bits per heavy atom. The van der Waals surface area contributed by atoms with Crippen LogP contribution in [0.25, 0.3) is 21.9 Å². The van der Waals surface area contributed by atoms with Gasteiger partial charge in [0.1, 0.15) is 11.5 Å². The van der Waals surface area contributed by atoms with Gasteiger partial charge in [-0.15, -0.1) is 23.2 Å². The average Bonchev–Trinajstić information content (AvgIpc) is 3.87. The highest BCUT2D eigenvalue weighted by Crippen LogP contribution is 2.39. The predicted octanol–water partition coefficient (Wildman–Crippen LogP) is 11.8. The molecule has 0 radical (unpaired) electrons. The number of aryl methyl sites for hydroxylation is 2. The van der Waals surface area contributed by atoms with E-state index in [1.54, 1.807) is 0 Å². The maximum Gasteiger partial charge on any atom is 0.437 e. The molecule has 2 N–H and O–H groups in total. The molecule has 0 bridgehead atoms. The molecule has 4 heterocycles. The first-order valence-electron chi connectivity index (χ1n) is 20.2. The number of carbonyl (C=O) groups is 2. The van der Waals surface area contributed by atoms with Crippen LogP contribution in [0.15, 0.2) is 33.3 Å². The zero-order chi connectivity index (χ0) is 44.1. The Labute approximate surface area is 362 Å². The molecular weight excluding hydrogens is 857 g/mol. The molecule has 19 heteroatoms. The van der Waals surface area contributed by atoms with Crippen molar-refractivity contribution in [2.45, 2.75) is 124 Å². The molecule has 1 amide bonds. The number of likely N-dealkylation sites (tertiary alicyclic amines) is 1. The van der Waals surface area contributed by atoms with Gasteiger partial charge in [-0.3, -0.25) is 9.59 Å². The minimum Gasteiger partial charge on any atom is -0.493 e. The smallest absolute Gasteiger partial charge is 0.437 e. The van der Waals surface area contributed by atoms with Gasteiger partial charge < -0.3 is 33.8 Å². The molecule has 11 nitrogen and oxygen atoms in total. The first kappa shape index (κ1) is 53.2. The molecule has 0 spiro atoms. The maximum absolute atomic E-state index is 13.1. The van der Waals surface area contributed by atoms with Crippen LogP contribution in [0.2, 0.25) is 0 Å². The lowest BCUT2D eigenvalue weighted by Gasteiger charge is -2.26. The number of hydrogen-bond acceptors (Lipinski definition) is 9. The zero-order valence-electron chi connectivity index (χ0n) is 33.9. The molecule has 2 saturated heterocycles. The molecule has 4 aromatic rings. The molecule has 2 aromatic carbocycles. The molecular formula is C42H58Cl2F6N4O7. The van der Waals surface area contributed by atoms with E-state index in [0.717, 1.165) is 32.4 Å².